The van der Waals surface area contributed by atoms with Crippen LogP contribution in [0.4, 0.5) is 0 Å². The molecule has 0 spiro atoms. The van der Waals surface area contributed by atoms with Gasteiger partial charge in [-0.3, -0.25) is 9.69 Å². The highest BCUT2D eigenvalue weighted by molar-refractivity contribution is 5.97. The number of rotatable bonds is 6. The van der Waals surface area contributed by atoms with E-state index in [2.05, 4.69) is 48.5 Å². The molecule has 2 aromatic carbocycles. The lowest BCUT2D eigenvalue weighted by Crippen LogP contribution is -2.54. The molecule has 1 aliphatic rings. The van der Waals surface area contributed by atoms with Crippen molar-refractivity contribution in [1.29, 1.82) is 0 Å². The van der Waals surface area contributed by atoms with Gasteiger partial charge in [0.2, 0.25) is 0 Å². The Morgan fingerprint density at radius 3 is 2.19 bits per heavy atom. The number of benzene rings is 2. The Morgan fingerprint density at radius 2 is 1.63 bits per heavy atom. The predicted octanol–water partition coefficient (Wildman–Crippen LogP) is 5.04. The van der Waals surface area contributed by atoms with Crippen LogP contribution in [-0.4, -0.2) is 29.9 Å². The minimum absolute atomic E-state index is 0.0161. The topological polar surface area (TPSA) is 32.3 Å². The first-order chi connectivity index (χ1) is 13.0. The van der Waals surface area contributed by atoms with Gasteiger partial charge in [0.25, 0.3) is 5.91 Å². The van der Waals surface area contributed by atoms with Gasteiger partial charge in [-0.15, -0.1) is 0 Å². The zero-order valence-corrected chi connectivity index (χ0v) is 17.1. The summed E-state index contributed by atoms with van der Waals surface area (Å²) in [4.78, 5) is 15.8. The average Bonchev–Trinajstić information content (AvgIpc) is 3.17. The molecule has 1 aliphatic carbocycles. The third-order valence-corrected chi connectivity index (χ3v) is 6.36. The number of carbonyl (C=O) groups excluding carboxylic acids is 1. The summed E-state index contributed by atoms with van der Waals surface area (Å²) in [7, 11) is 2.20. The van der Waals surface area contributed by atoms with E-state index in [1.54, 1.807) is 0 Å². The van der Waals surface area contributed by atoms with Crippen molar-refractivity contribution in [2.24, 2.45) is 0 Å². The van der Waals surface area contributed by atoms with Gasteiger partial charge in [0.15, 0.2) is 0 Å². The fraction of sp³-hybridized carbons (Fsp3) is 0.458. The first-order valence-corrected chi connectivity index (χ1v) is 10.1. The zero-order valence-electron chi connectivity index (χ0n) is 17.1. The molecule has 1 atom stereocenters. The molecule has 0 aliphatic heterocycles. The highest BCUT2D eigenvalue weighted by atomic mass is 16.1. The second-order valence-corrected chi connectivity index (χ2v) is 7.91. The van der Waals surface area contributed by atoms with Crippen LogP contribution in [0.2, 0.25) is 0 Å². The number of amides is 1. The SMILES string of the molecule is CCN(C)C1(C(NC(=O)c2c(C)cccc2C)c2ccccc2)CCCC1. The van der Waals surface area contributed by atoms with Gasteiger partial charge >= 0.3 is 0 Å². The van der Waals surface area contributed by atoms with Crippen molar-refractivity contribution in [2.75, 3.05) is 13.6 Å². The van der Waals surface area contributed by atoms with E-state index in [0.29, 0.717) is 0 Å². The normalized spacial score (nSPS) is 17.1. The summed E-state index contributed by atoms with van der Waals surface area (Å²) in [6.07, 6.45) is 4.66. The summed E-state index contributed by atoms with van der Waals surface area (Å²) in [5.41, 5.74) is 4.04. The van der Waals surface area contributed by atoms with E-state index in [1.165, 1.54) is 18.4 Å². The molecule has 1 saturated carbocycles. The molecule has 2 aromatic rings. The summed E-state index contributed by atoms with van der Waals surface area (Å²) < 4.78 is 0. The van der Waals surface area contributed by atoms with Gasteiger partial charge in [-0.05, 0) is 57.0 Å². The second kappa shape index (κ2) is 8.26. The summed E-state index contributed by atoms with van der Waals surface area (Å²) in [5.74, 6) is 0.0373. The summed E-state index contributed by atoms with van der Waals surface area (Å²) in [5, 5.41) is 3.45. The number of hydrogen-bond donors (Lipinski definition) is 1. The Morgan fingerprint density at radius 1 is 1.04 bits per heavy atom. The van der Waals surface area contributed by atoms with Crippen LogP contribution in [0.5, 0.6) is 0 Å². The average molecular weight is 365 g/mol. The van der Waals surface area contributed by atoms with Crippen LogP contribution in [0, 0.1) is 13.8 Å². The van der Waals surface area contributed by atoms with Crippen LogP contribution in [-0.2, 0) is 0 Å². The number of nitrogens with one attached hydrogen (secondary N) is 1. The smallest absolute Gasteiger partial charge is 0.252 e. The Hall–Kier alpha value is -2.13. The molecule has 0 heterocycles. The van der Waals surface area contributed by atoms with Gasteiger partial charge in [0, 0.05) is 11.1 Å². The van der Waals surface area contributed by atoms with Crippen LogP contribution in [0.15, 0.2) is 48.5 Å². The van der Waals surface area contributed by atoms with Crippen LogP contribution in [0.25, 0.3) is 0 Å². The van der Waals surface area contributed by atoms with Crippen LogP contribution >= 0.6 is 0 Å². The Labute approximate surface area is 163 Å². The molecule has 1 fully saturated rings. The Kier molecular flexibility index (Phi) is 6.01. The van der Waals surface area contributed by atoms with Crippen molar-refractivity contribution < 1.29 is 4.79 Å². The molecule has 144 valence electrons. The number of nitrogens with zero attached hydrogens (tertiary/aromatic N) is 1. The van der Waals surface area contributed by atoms with E-state index in [9.17, 15) is 4.79 Å². The summed E-state index contributed by atoms with van der Waals surface area (Å²) >= 11 is 0. The van der Waals surface area contributed by atoms with Gasteiger partial charge in [-0.1, -0.05) is 68.3 Å². The Bertz CT molecular complexity index is 758. The highest BCUT2D eigenvalue weighted by Gasteiger charge is 2.45. The molecule has 1 amide bonds. The molecule has 0 radical (unpaired) electrons. The molecular weight excluding hydrogens is 332 g/mol. The molecule has 1 N–H and O–H groups in total. The third kappa shape index (κ3) is 3.79. The molecule has 3 heteroatoms. The fourth-order valence-corrected chi connectivity index (χ4v) is 4.74. The van der Waals surface area contributed by atoms with Crippen molar-refractivity contribution >= 4 is 5.91 Å². The van der Waals surface area contributed by atoms with E-state index in [1.807, 2.05) is 38.1 Å². The predicted molar refractivity (Wildman–Crippen MR) is 112 cm³/mol. The lowest BCUT2D eigenvalue weighted by molar-refractivity contribution is 0.0682. The molecule has 0 saturated heterocycles. The second-order valence-electron chi connectivity index (χ2n) is 7.91. The number of hydrogen-bond acceptors (Lipinski definition) is 2. The van der Waals surface area contributed by atoms with E-state index < -0.39 is 0 Å². The zero-order chi connectivity index (χ0) is 19.4. The van der Waals surface area contributed by atoms with Crippen LogP contribution in [0.3, 0.4) is 0 Å². The van der Waals surface area contributed by atoms with E-state index in [4.69, 9.17) is 0 Å². The lowest BCUT2D eigenvalue weighted by atomic mass is 9.81. The number of likely N-dealkylation sites (N-methyl/N-ethyl adjacent to an activating group) is 1. The van der Waals surface area contributed by atoms with E-state index >= 15 is 0 Å². The maximum Gasteiger partial charge on any atom is 0.252 e. The molecule has 3 rings (SSSR count). The van der Waals surface area contributed by atoms with Crippen molar-refractivity contribution in [3.8, 4) is 0 Å². The minimum Gasteiger partial charge on any atom is -0.343 e. The van der Waals surface area contributed by atoms with Gasteiger partial charge in [-0.2, -0.15) is 0 Å². The summed E-state index contributed by atoms with van der Waals surface area (Å²) in [6.45, 7) is 7.21. The fourth-order valence-electron chi connectivity index (χ4n) is 4.74. The minimum atomic E-state index is -0.0254. The maximum absolute atomic E-state index is 13.4. The van der Waals surface area contributed by atoms with Crippen molar-refractivity contribution in [2.45, 2.75) is 58.0 Å². The van der Waals surface area contributed by atoms with Crippen molar-refractivity contribution in [3.05, 3.63) is 70.8 Å². The largest absolute Gasteiger partial charge is 0.343 e. The molecule has 3 nitrogen and oxygen atoms in total. The standard InChI is InChI=1S/C24H32N2O/c1-5-26(4)24(16-9-10-17-24)22(20-14-7-6-8-15-20)25-23(27)21-18(2)12-11-13-19(21)3/h6-8,11-15,22H,5,9-10,16-17H2,1-4H3,(H,25,27). The van der Waals surface area contributed by atoms with E-state index in [0.717, 1.165) is 36.1 Å². The maximum atomic E-state index is 13.4. The third-order valence-electron chi connectivity index (χ3n) is 6.36. The molecular formula is C24H32N2O. The van der Waals surface area contributed by atoms with Gasteiger partial charge < -0.3 is 5.32 Å². The van der Waals surface area contributed by atoms with E-state index in [-0.39, 0.29) is 17.5 Å². The number of aryl methyl sites for hydroxylation is 2. The highest BCUT2D eigenvalue weighted by Crippen LogP contribution is 2.44. The van der Waals surface area contributed by atoms with Crippen LogP contribution in [0.1, 0.15) is 65.7 Å². The van der Waals surface area contributed by atoms with Crippen LogP contribution < -0.4 is 5.32 Å². The molecule has 0 bridgehead atoms. The first-order valence-electron chi connectivity index (χ1n) is 10.1. The quantitative estimate of drug-likeness (QED) is 0.779. The van der Waals surface area contributed by atoms with Gasteiger partial charge in [0.05, 0.1) is 6.04 Å². The van der Waals surface area contributed by atoms with Gasteiger partial charge in [0.1, 0.15) is 0 Å². The monoisotopic (exact) mass is 364 g/mol. The van der Waals surface area contributed by atoms with Crippen molar-refractivity contribution in [3.63, 3.8) is 0 Å². The van der Waals surface area contributed by atoms with Crippen molar-refractivity contribution in [1.82, 2.24) is 10.2 Å². The number of carbonyl (C=O) groups is 1. The molecule has 0 aromatic heterocycles. The summed E-state index contributed by atoms with van der Waals surface area (Å²) in [6, 6.07) is 16.5. The Balaban J connectivity index is 2.02. The van der Waals surface area contributed by atoms with Gasteiger partial charge in [-0.25, -0.2) is 0 Å². The molecule has 1 unspecified atom stereocenters. The lowest BCUT2D eigenvalue weighted by Gasteiger charge is -2.45. The molecule has 27 heavy (non-hydrogen) atoms. The first kappa shape index (κ1) is 19.6.